The molecule has 3 aromatic carbocycles. The predicted octanol–water partition coefficient (Wildman–Crippen LogP) is 4.93. The van der Waals surface area contributed by atoms with Crippen LogP contribution in [0.15, 0.2) is 70.1 Å². The van der Waals surface area contributed by atoms with Gasteiger partial charge in [-0.05, 0) is 41.5 Å². The first kappa shape index (κ1) is 14.5. The Morgan fingerprint density at radius 2 is 1.71 bits per heavy atom. The van der Waals surface area contributed by atoms with E-state index in [1.54, 1.807) is 25.3 Å². The van der Waals surface area contributed by atoms with Crippen molar-refractivity contribution in [3.05, 3.63) is 76.6 Å². The summed E-state index contributed by atoms with van der Waals surface area (Å²) in [6.07, 6.45) is 1.53. The Bertz CT molecular complexity index is 1120. The Morgan fingerprint density at radius 3 is 2.54 bits per heavy atom. The number of benzene rings is 3. The molecule has 118 valence electrons. The van der Waals surface area contributed by atoms with E-state index in [-0.39, 0.29) is 5.43 Å². The maximum absolute atomic E-state index is 12.8. The highest BCUT2D eigenvalue weighted by molar-refractivity contribution is 5.89. The van der Waals surface area contributed by atoms with Crippen LogP contribution in [-0.4, -0.2) is 7.11 Å². The topological polar surface area (TPSA) is 39.4 Å². The van der Waals surface area contributed by atoms with Gasteiger partial charge in [0.05, 0.1) is 18.1 Å². The SMILES string of the molecule is COc1ccc2c(=O)c(-c3ccc4cc(C)ccc4c3)coc2c1. The molecule has 0 amide bonds. The molecule has 4 rings (SSSR count). The van der Waals surface area contributed by atoms with Gasteiger partial charge in [-0.25, -0.2) is 0 Å². The van der Waals surface area contributed by atoms with Gasteiger partial charge in [-0.2, -0.15) is 0 Å². The van der Waals surface area contributed by atoms with E-state index < -0.39 is 0 Å². The second-order valence-electron chi connectivity index (χ2n) is 5.91. The van der Waals surface area contributed by atoms with Crippen molar-refractivity contribution in [2.45, 2.75) is 6.92 Å². The summed E-state index contributed by atoms with van der Waals surface area (Å²) < 4.78 is 10.8. The van der Waals surface area contributed by atoms with Crippen molar-refractivity contribution in [3.8, 4) is 16.9 Å². The zero-order valence-electron chi connectivity index (χ0n) is 13.5. The molecule has 24 heavy (non-hydrogen) atoms. The van der Waals surface area contributed by atoms with E-state index in [4.69, 9.17) is 9.15 Å². The van der Waals surface area contributed by atoms with Gasteiger partial charge in [-0.3, -0.25) is 4.79 Å². The van der Waals surface area contributed by atoms with Crippen molar-refractivity contribution < 1.29 is 9.15 Å². The summed E-state index contributed by atoms with van der Waals surface area (Å²) in [5, 5.41) is 2.82. The Hall–Kier alpha value is -3.07. The van der Waals surface area contributed by atoms with Crippen LogP contribution >= 0.6 is 0 Å². The van der Waals surface area contributed by atoms with Crippen LogP contribution in [0.25, 0.3) is 32.9 Å². The number of hydrogen-bond donors (Lipinski definition) is 0. The lowest BCUT2D eigenvalue weighted by Crippen LogP contribution is -2.04. The molecule has 3 heteroatoms. The average Bonchev–Trinajstić information content (AvgIpc) is 2.61. The molecular weight excluding hydrogens is 300 g/mol. The molecule has 0 fully saturated rings. The zero-order valence-corrected chi connectivity index (χ0v) is 13.5. The van der Waals surface area contributed by atoms with Gasteiger partial charge >= 0.3 is 0 Å². The van der Waals surface area contributed by atoms with E-state index >= 15 is 0 Å². The normalized spacial score (nSPS) is 11.1. The molecule has 3 nitrogen and oxygen atoms in total. The number of methoxy groups -OCH3 is 1. The maximum atomic E-state index is 12.8. The number of fused-ring (bicyclic) bond motifs is 2. The molecule has 1 aromatic heterocycles. The molecule has 0 saturated heterocycles. The summed E-state index contributed by atoms with van der Waals surface area (Å²) in [4.78, 5) is 12.8. The molecule has 0 aliphatic rings. The molecule has 0 bridgehead atoms. The van der Waals surface area contributed by atoms with Crippen LogP contribution in [0.4, 0.5) is 0 Å². The van der Waals surface area contributed by atoms with Gasteiger partial charge in [0.1, 0.15) is 17.6 Å². The molecule has 0 radical (unpaired) electrons. The van der Waals surface area contributed by atoms with E-state index in [0.717, 1.165) is 16.3 Å². The minimum atomic E-state index is -0.0367. The van der Waals surface area contributed by atoms with Crippen LogP contribution in [0.3, 0.4) is 0 Å². The van der Waals surface area contributed by atoms with Crippen LogP contribution in [-0.2, 0) is 0 Å². The molecule has 0 unspecified atom stereocenters. The lowest BCUT2D eigenvalue weighted by atomic mass is 10.0. The molecule has 0 aliphatic carbocycles. The fourth-order valence-electron chi connectivity index (χ4n) is 2.97. The average molecular weight is 316 g/mol. The highest BCUT2D eigenvalue weighted by Gasteiger charge is 2.10. The summed E-state index contributed by atoms with van der Waals surface area (Å²) in [7, 11) is 1.59. The highest BCUT2D eigenvalue weighted by atomic mass is 16.5. The standard InChI is InChI=1S/C21H16O3/c1-13-3-4-15-10-16(6-5-14(15)9-13)19-12-24-20-11-17(23-2)7-8-18(20)21(19)22/h3-12H,1-2H3. The number of rotatable bonds is 2. The Labute approximate surface area is 139 Å². The first-order valence-corrected chi connectivity index (χ1v) is 7.76. The van der Waals surface area contributed by atoms with Gasteiger partial charge in [-0.15, -0.1) is 0 Å². The van der Waals surface area contributed by atoms with Crippen LogP contribution in [0.5, 0.6) is 5.75 Å². The summed E-state index contributed by atoms with van der Waals surface area (Å²) >= 11 is 0. The molecule has 0 atom stereocenters. The van der Waals surface area contributed by atoms with Gasteiger partial charge in [0.15, 0.2) is 5.43 Å². The fraction of sp³-hybridized carbons (Fsp3) is 0.0952. The van der Waals surface area contributed by atoms with Crippen LogP contribution < -0.4 is 10.2 Å². The summed E-state index contributed by atoms with van der Waals surface area (Å²) in [5.74, 6) is 0.666. The molecule has 0 saturated carbocycles. The number of ether oxygens (including phenoxy) is 1. The molecule has 0 aliphatic heterocycles. The van der Waals surface area contributed by atoms with Crippen molar-refractivity contribution in [1.29, 1.82) is 0 Å². The van der Waals surface area contributed by atoms with Gasteiger partial charge < -0.3 is 9.15 Å². The fourth-order valence-corrected chi connectivity index (χ4v) is 2.97. The van der Waals surface area contributed by atoms with Crippen LogP contribution in [0.2, 0.25) is 0 Å². The van der Waals surface area contributed by atoms with E-state index in [9.17, 15) is 4.79 Å². The van der Waals surface area contributed by atoms with Crippen molar-refractivity contribution in [3.63, 3.8) is 0 Å². The van der Waals surface area contributed by atoms with Crippen molar-refractivity contribution in [2.24, 2.45) is 0 Å². The monoisotopic (exact) mass is 316 g/mol. The lowest BCUT2D eigenvalue weighted by Gasteiger charge is -2.06. The third-order valence-corrected chi connectivity index (χ3v) is 4.29. The minimum Gasteiger partial charge on any atom is -0.497 e. The first-order valence-electron chi connectivity index (χ1n) is 7.76. The maximum Gasteiger partial charge on any atom is 0.200 e. The zero-order chi connectivity index (χ0) is 16.7. The first-order chi connectivity index (χ1) is 11.7. The van der Waals surface area contributed by atoms with Crippen molar-refractivity contribution in [1.82, 2.24) is 0 Å². The summed E-state index contributed by atoms with van der Waals surface area (Å²) in [6, 6.07) is 17.5. The van der Waals surface area contributed by atoms with Gasteiger partial charge in [0, 0.05) is 6.07 Å². The summed E-state index contributed by atoms with van der Waals surface area (Å²) in [6.45, 7) is 2.07. The number of hydrogen-bond acceptors (Lipinski definition) is 3. The molecular formula is C21H16O3. The molecule has 4 aromatic rings. The largest absolute Gasteiger partial charge is 0.497 e. The van der Waals surface area contributed by atoms with E-state index in [1.807, 2.05) is 18.2 Å². The quantitative estimate of drug-likeness (QED) is 0.526. The van der Waals surface area contributed by atoms with E-state index in [1.165, 1.54) is 11.8 Å². The van der Waals surface area contributed by atoms with E-state index in [2.05, 4.69) is 25.1 Å². The van der Waals surface area contributed by atoms with E-state index in [0.29, 0.717) is 22.3 Å². The Kier molecular flexibility index (Phi) is 3.35. The van der Waals surface area contributed by atoms with Gasteiger partial charge in [0.2, 0.25) is 0 Å². The second-order valence-corrected chi connectivity index (χ2v) is 5.91. The van der Waals surface area contributed by atoms with Gasteiger partial charge in [0.25, 0.3) is 0 Å². The Balaban J connectivity index is 1.91. The third-order valence-electron chi connectivity index (χ3n) is 4.29. The van der Waals surface area contributed by atoms with Crippen molar-refractivity contribution in [2.75, 3.05) is 7.11 Å². The van der Waals surface area contributed by atoms with Crippen LogP contribution in [0, 0.1) is 6.92 Å². The summed E-state index contributed by atoms with van der Waals surface area (Å²) in [5.41, 5.74) is 3.13. The van der Waals surface area contributed by atoms with Crippen molar-refractivity contribution >= 4 is 21.7 Å². The molecule has 0 spiro atoms. The predicted molar refractivity (Wildman–Crippen MR) is 96.7 cm³/mol. The Morgan fingerprint density at radius 1 is 0.917 bits per heavy atom. The minimum absolute atomic E-state index is 0.0367. The van der Waals surface area contributed by atoms with Crippen LogP contribution in [0.1, 0.15) is 5.56 Å². The number of aryl methyl sites for hydroxylation is 1. The highest BCUT2D eigenvalue weighted by Crippen LogP contribution is 2.26. The third kappa shape index (κ3) is 2.35. The lowest BCUT2D eigenvalue weighted by molar-refractivity contribution is 0.414. The molecule has 0 N–H and O–H groups in total. The van der Waals surface area contributed by atoms with Gasteiger partial charge in [-0.1, -0.05) is 35.9 Å². The second kappa shape index (κ2) is 5.53. The smallest absolute Gasteiger partial charge is 0.200 e. The molecule has 1 heterocycles.